The fourth-order valence-electron chi connectivity index (χ4n) is 1.59. The third-order valence-corrected chi connectivity index (χ3v) is 4.12. The van der Waals surface area contributed by atoms with E-state index in [2.05, 4.69) is 5.10 Å². The molecule has 2 rings (SSSR count). The van der Waals surface area contributed by atoms with Crippen molar-refractivity contribution in [1.29, 1.82) is 0 Å². The second kappa shape index (κ2) is 5.54. The van der Waals surface area contributed by atoms with E-state index >= 15 is 0 Å². The average Bonchev–Trinajstić information content (AvgIpc) is 2.70. The lowest BCUT2D eigenvalue weighted by atomic mass is 10.3. The first-order valence-electron chi connectivity index (χ1n) is 5.41. The van der Waals surface area contributed by atoms with Crippen molar-refractivity contribution in [1.82, 2.24) is 9.78 Å². The largest absolute Gasteiger partial charge is 0.478 e. The molecule has 0 unspecified atom stereocenters. The molecule has 19 heavy (non-hydrogen) atoms. The third-order valence-electron chi connectivity index (χ3n) is 2.61. The van der Waals surface area contributed by atoms with Crippen molar-refractivity contribution >= 4 is 35.0 Å². The second-order valence-corrected chi connectivity index (χ2v) is 5.34. The maximum absolute atomic E-state index is 11.1. The molecular formula is C12H12ClN3O2S. The molecule has 0 spiro atoms. The van der Waals surface area contributed by atoms with Gasteiger partial charge in [-0.25, -0.2) is 4.79 Å². The van der Waals surface area contributed by atoms with Crippen LogP contribution in [0, 0.1) is 0 Å². The number of nitrogen functional groups attached to an aromatic ring is 1. The number of aromatic carboxylic acids is 1. The minimum Gasteiger partial charge on any atom is -0.478 e. The number of rotatable bonds is 4. The number of hydrogen-bond acceptors (Lipinski definition) is 4. The molecule has 3 N–H and O–H groups in total. The summed E-state index contributed by atoms with van der Waals surface area (Å²) in [5, 5.41) is 13.6. The van der Waals surface area contributed by atoms with Gasteiger partial charge in [0.25, 0.3) is 0 Å². The van der Waals surface area contributed by atoms with E-state index in [1.165, 1.54) is 18.0 Å². The van der Waals surface area contributed by atoms with Gasteiger partial charge < -0.3 is 10.8 Å². The van der Waals surface area contributed by atoms with Crippen LogP contribution >= 0.6 is 23.4 Å². The summed E-state index contributed by atoms with van der Waals surface area (Å²) in [6.07, 6.45) is 1.35. The Labute approximate surface area is 119 Å². The van der Waals surface area contributed by atoms with Crippen LogP contribution in [0.4, 0.5) is 5.69 Å². The molecule has 0 saturated carbocycles. The number of aryl methyl sites for hydroxylation is 1. The van der Waals surface area contributed by atoms with E-state index in [0.29, 0.717) is 22.2 Å². The fourth-order valence-corrected chi connectivity index (χ4v) is 2.94. The summed E-state index contributed by atoms with van der Waals surface area (Å²) in [7, 11) is 1.72. The van der Waals surface area contributed by atoms with Crippen LogP contribution in [-0.2, 0) is 12.8 Å². The predicted molar refractivity (Wildman–Crippen MR) is 75.6 cm³/mol. The highest BCUT2D eigenvalue weighted by atomic mass is 35.5. The molecule has 5 nitrogen and oxygen atoms in total. The molecule has 0 atom stereocenters. The zero-order valence-corrected chi connectivity index (χ0v) is 11.7. The lowest BCUT2D eigenvalue weighted by molar-refractivity contribution is 0.0696. The van der Waals surface area contributed by atoms with E-state index in [1.807, 2.05) is 6.07 Å². The van der Waals surface area contributed by atoms with Crippen LogP contribution in [0.1, 0.15) is 16.1 Å². The van der Waals surface area contributed by atoms with E-state index in [1.54, 1.807) is 23.9 Å². The standard InChI is InChI=1S/C12H12ClN3O2S/c1-16-10(8(5-15-16)12(17)18)6-19-11-3-2-7(14)4-9(11)13/h2-5H,6,14H2,1H3,(H,17,18). The summed E-state index contributed by atoms with van der Waals surface area (Å²) in [5.41, 5.74) is 7.07. The number of benzene rings is 1. The lowest BCUT2D eigenvalue weighted by Crippen LogP contribution is -2.03. The average molecular weight is 298 g/mol. The summed E-state index contributed by atoms with van der Waals surface area (Å²) < 4.78 is 1.56. The second-order valence-electron chi connectivity index (χ2n) is 3.91. The number of carboxylic acids is 1. The van der Waals surface area contributed by atoms with Gasteiger partial charge in [0.05, 0.1) is 16.9 Å². The molecule has 0 aliphatic rings. The molecule has 0 amide bonds. The zero-order valence-electron chi connectivity index (χ0n) is 10.1. The summed E-state index contributed by atoms with van der Waals surface area (Å²) in [6, 6.07) is 5.25. The first kappa shape index (κ1) is 13.8. The quantitative estimate of drug-likeness (QED) is 0.670. The number of thioether (sulfide) groups is 1. The Morgan fingerprint density at radius 3 is 2.95 bits per heavy atom. The predicted octanol–water partition coefficient (Wildman–Crippen LogP) is 2.65. The molecule has 0 saturated heterocycles. The summed E-state index contributed by atoms with van der Waals surface area (Å²) in [6.45, 7) is 0. The molecule has 2 aromatic rings. The summed E-state index contributed by atoms with van der Waals surface area (Å²) >= 11 is 7.52. The monoisotopic (exact) mass is 297 g/mol. The Kier molecular flexibility index (Phi) is 4.01. The normalized spacial score (nSPS) is 10.6. The number of halogens is 1. The van der Waals surface area contributed by atoms with Gasteiger partial charge in [-0.15, -0.1) is 11.8 Å². The first-order chi connectivity index (χ1) is 8.99. The zero-order chi connectivity index (χ0) is 14.0. The number of aromatic nitrogens is 2. The molecule has 0 aliphatic carbocycles. The van der Waals surface area contributed by atoms with Crippen LogP contribution in [0.3, 0.4) is 0 Å². The molecule has 1 heterocycles. The van der Waals surface area contributed by atoms with E-state index in [9.17, 15) is 4.79 Å². The molecule has 1 aromatic heterocycles. The van der Waals surface area contributed by atoms with Crippen molar-refractivity contribution in [2.75, 3.05) is 5.73 Å². The third kappa shape index (κ3) is 3.02. The van der Waals surface area contributed by atoms with Crippen LogP contribution in [0.25, 0.3) is 0 Å². The minimum atomic E-state index is -0.980. The summed E-state index contributed by atoms with van der Waals surface area (Å²) in [5.74, 6) is -0.506. The molecule has 0 aliphatic heterocycles. The number of nitrogens with zero attached hydrogens (tertiary/aromatic N) is 2. The van der Waals surface area contributed by atoms with Crippen molar-refractivity contribution in [3.05, 3.63) is 40.7 Å². The Balaban J connectivity index is 2.19. The Bertz CT molecular complexity index is 627. The highest BCUT2D eigenvalue weighted by molar-refractivity contribution is 7.98. The topological polar surface area (TPSA) is 81.1 Å². The minimum absolute atomic E-state index is 0.210. The van der Waals surface area contributed by atoms with Crippen molar-refractivity contribution in [3.63, 3.8) is 0 Å². The smallest absolute Gasteiger partial charge is 0.339 e. The van der Waals surface area contributed by atoms with E-state index in [0.717, 1.165) is 4.90 Å². The maximum atomic E-state index is 11.1. The van der Waals surface area contributed by atoms with Gasteiger partial charge in [0.2, 0.25) is 0 Å². The van der Waals surface area contributed by atoms with Crippen molar-refractivity contribution in [2.45, 2.75) is 10.6 Å². The SMILES string of the molecule is Cn1ncc(C(=O)O)c1CSc1ccc(N)cc1Cl. The fraction of sp³-hybridized carbons (Fsp3) is 0.167. The Hall–Kier alpha value is -1.66. The van der Waals surface area contributed by atoms with Gasteiger partial charge in [0.1, 0.15) is 5.56 Å². The highest BCUT2D eigenvalue weighted by Gasteiger charge is 2.15. The molecule has 100 valence electrons. The van der Waals surface area contributed by atoms with Gasteiger partial charge in [-0.1, -0.05) is 11.6 Å². The van der Waals surface area contributed by atoms with Gasteiger partial charge in [-0.2, -0.15) is 5.10 Å². The van der Waals surface area contributed by atoms with Crippen molar-refractivity contribution in [3.8, 4) is 0 Å². The number of nitrogens with two attached hydrogens (primary N) is 1. The van der Waals surface area contributed by atoms with Crippen LogP contribution < -0.4 is 5.73 Å². The molecule has 0 fully saturated rings. The van der Waals surface area contributed by atoms with Crippen molar-refractivity contribution < 1.29 is 9.90 Å². The number of anilines is 1. The number of carbonyl (C=O) groups is 1. The van der Waals surface area contributed by atoms with E-state index < -0.39 is 5.97 Å². The van der Waals surface area contributed by atoms with Crippen LogP contribution in [0.15, 0.2) is 29.3 Å². The molecule has 0 bridgehead atoms. The van der Waals surface area contributed by atoms with E-state index in [-0.39, 0.29) is 5.56 Å². The van der Waals surface area contributed by atoms with Gasteiger partial charge in [-0.05, 0) is 18.2 Å². The highest BCUT2D eigenvalue weighted by Crippen LogP contribution is 2.31. The van der Waals surface area contributed by atoms with Gasteiger partial charge >= 0.3 is 5.97 Å². The number of hydrogen-bond donors (Lipinski definition) is 2. The van der Waals surface area contributed by atoms with Crippen molar-refractivity contribution in [2.24, 2.45) is 7.05 Å². The summed E-state index contributed by atoms with van der Waals surface area (Å²) in [4.78, 5) is 11.9. The molecule has 7 heteroatoms. The maximum Gasteiger partial charge on any atom is 0.339 e. The molecular weight excluding hydrogens is 286 g/mol. The molecule has 1 aromatic carbocycles. The van der Waals surface area contributed by atoms with E-state index in [4.69, 9.17) is 22.4 Å². The van der Waals surface area contributed by atoms with Crippen LogP contribution in [-0.4, -0.2) is 20.9 Å². The van der Waals surface area contributed by atoms with Gasteiger partial charge in [0, 0.05) is 23.4 Å². The van der Waals surface area contributed by atoms with Gasteiger partial charge in [-0.3, -0.25) is 4.68 Å². The van der Waals surface area contributed by atoms with Crippen LogP contribution in [0.2, 0.25) is 5.02 Å². The van der Waals surface area contributed by atoms with Crippen LogP contribution in [0.5, 0.6) is 0 Å². The van der Waals surface area contributed by atoms with Gasteiger partial charge in [0.15, 0.2) is 0 Å². The Morgan fingerprint density at radius 1 is 1.58 bits per heavy atom. The Morgan fingerprint density at radius 2 is 2.32 bits per heavy atom. The molecule has 0 radical (unpaired) electrons. The lowest BCUT2D eigenvalue weighted by Gasteiger charge is -2.06. The number of carboxylic acid groups (broad SMARTS) is 1. The first-order valence-corrected chi connectivity index (χ1v) is 6.77.